The Morgan fingerprint density at radius 1 is 1.43 bits per heavy atom. The minimum Gasteiger partial charge on any atom is -0.481 e. The zero-order chi connectivity index (χ0) is 16.8. The molecule has 0 aliphatic carbocycles. The zero-order valence-electron chi connectivity index (χ0n) is 14.3. The molecule has 2 rings (SSSR count). The molecular weight excluding hydrogens is 312 g/mol. The highest BCUT2D eigenvalue weighted by Crippen LogP contribution is 2.22. The first-order chi connectivity index (χ1) is 11.0. The Balaban J connectivity index is 1.80. The van der Waals surface area contributed by atoms with Crippen LogP contribution in [0.3, 0.4) is 0 Å². The van der Waals surface area contributed by atoms with E-state index in [0.717, 1.165) is 38.0 Å². The van der Waals surface area contributed by atoms with Crippen LogP contribution in [0, 0.1) is 6.92 Å². The zero-order valence-corrected chi connectivity index (χ0v) is 15.0. The highest BCUT2D eigenvalue weighted by atomic mass is 35.5. The summed E-state index contributed by atoms with van der Waals surface area (Å²) in [6, 6.07) is 5.70. The van der Waals surface area contributed by atoms with Crippen LogP contribution in [0.4, 0.5) is 0 Å². The number of ether oxygens (including phenoxy) is 1. The van der Waals surface area contributed by atoms with E-state index in [0.29, 0.717) is 10.8 Å². The van der Waals surface area contributed by atoms with Crippen molar-refractivity contribution in [2.24, 2.45) is 0 Å². The van der Waals surface area contributed by atoms with Crippen LogP contribution >= 0.6 is 11.6 Å². The van der Waals surface area contributed by atoms with Crippen molar-refractivity contribution in [2.45, 2.75) is 52.2 Å². The highest BCUT2D eigenvalue weighted by Gasteiger charge is 2.23. The molecule has 1 aromatic rings. The van der Waals surface area contributed by atoms with Crippen LogP contribution in [-0.2, 0) is 4.79 Å². The molecule has 0 bridgehead atoms. The van der Waals surface area contributed by atoms with Gasteiger partial charge in [0.15, 0.2) is 6.10 Å². The van der Waals surface area contributed by atoms with Gasteiger partial charge in [-0.1, -0.05) is 18.5 Å². The van der Waals surface area contributed by atoms with Crippen LogP contribution in [0.5, 0.6) is 5.75 Å². The standard InChI is InChI=1S/C18H27ClN2O2/c1-4-9-21-10-7-15(8-11-21)20-18(22)14(3)23-16-5-6-17(19)13(2)12-16/h5-6,12,14-15H,4,7-11H2,1-3H3,(H,20,22). The topological polar surface area (TPSA) is 41.6 Å². The summed E-state index contributed by atoms with van der Waals surface area (Å²) in [4.78, 5) is 14.8. The molecular formula is C18H27ClN2O2. The van der Waals surface area contributed by atoms with Crippen molar-refractivity contribution in [1.29, 1.82) is 0 Å². The van der Waals surface area contributed by atoms with E-state index in [1.165, 1.54) is 6.42 Å². The molecule has 1 aliphatic rings. The van der Waals surface area contributed by atoms with Gasteiger partial charge in [-0.3, -0.25) is 4.79 Å². The summed E-state index contributed by atoms with van der Waals surface area (Å²) in [7, 11) is 0. The lowest BCUT2D eigenvalue weighted by molar-refractivity contribution is -0.128. The lowest BCUT2D eigenvalue weighted by atomic mass is 10.0. The van der Waals surface area contributed by atoms with Crippen molar-refractivity contribution in [2.75, 3.05) is 19.6 Å². The minimum atomic E-state index is -0.510. The van der Waals surface area contributed by atoms with Crippen molar-refractivity contribution < 1.29 is 9.53 Å². The quantitative estimate of drug-likeness (QED) is 0.864. The summed E-state index contributed by atoms with van der Waals surface area (Å²) < 4.78 is 5.73. The largest absolute Gasteiger partial charge is 0.481 e. The molecule has 4 nitrogen and oxygen atoms in total. The third-order valence-electron chi connectivity index (χ3n) is 4.29. The lowest BCUT2D eigenvalue weighted by Gasteiger charge is -2.32. The van der Waals surface area contributed by atoms with Gasteiger partial charge in [0.05, 0.1) is 0 Å². The maximum atomic E-state index is 12.3. The number of halogens is 1. The SMILES string of the molecule is CCCN1CCC(NC(=O)C(C)Oc2ccc(Cl)c(C)c2)CC1. The Bertz CT molecular complexity index is 528. The number of carbonyl (C=O) groups is 1. The molecule has 1 aromatic carbocycles. The fourth-order valence-corrected chi connectivity index (χ4v) is 3.00. The van der Waals surface area contributed by atoms with Crippen LogP contribution in [-0.4, -0.2) is 42.6 Å². The Labute approximate surface area is 144 Å². The van der Waals surface area contributed by atoms with Gasteiger partial charge in [0.25, 0.3) is 5.91 Å². The number of aryl methyl sites for hydroxylation is 1. The summed E-state index contributed by atoms with van der Waals surface area (Å²) in [6.45, 7) is 9.17. The molecule has 0 radical (unpaired) electrons. The van der Waals surface area contributed by atoms with Gasteiger partial charge in [-0.25, -0.2) is 0 Å². The lowest BCUT2D eigenvalue weighted by Crippen LogP contribution is -2.48. The molecule has 1 heterocycles. The monoisotopic (exact) mass is 338 g/mol. The van der Waals surface area contributed by atoms with Gasteiger partial charge < -0.3 is 15.0 Å². The number of benzene rings is 1. The van der Waals surface area contributed by atoms with Gasteiger partial charge in [0, 0.05) is 24.2 Å². The van der Waals surface area contributed by atoms with E-state index < -0.39 is 6.10 Å². The van der Waals surface area contributed by atoms with Gasteiger partial charge in [0.2, 0.25) is 0 Å². The van der Waals surface area contributed by atoms with Gasteiger partial charge in [0.1, 0.15) is 5.75 Å². The van der Waals surface area contributed by atoms with E-state index >= 15 is 0 Å². The van der Waals surface area contributed by atoms with Crippen LogP contribution in [0.15, 0.2) is 18.2 Å². The Morgan fingerprint density at radius 3 is 2.74 bits per heavy atom. The second-order valence-corrected chi connectivity index (χ2v) is 6.70. The number of carbonyl (C=O) groups excluding carboxylic acids is 1. The van der Waals surface area contributed by atoms with Crippen molar-refractivity contribution in [1.82, 2.24) is 10.2 Å². The Hall–Kier alpha value is -1.26. The molecule has 1 N–H and O–H groups in total. The normalized spacial score (nSPS) is 17.7. The number of likely N-dealkylation sites (tertiary alicyclic amines) is 1. The van der Waals surface area contributed by atoms with E-state index in [1.54, 1.807) is 19.1 Å². The first-order valence-electron chi connectivity index (χ1n) is 8.45. The molecule has 0 saturated carbocycles. The number of nitrogens with one attached hydrogen (secondary N) is 1. The molecule has 1 aliphatic heterocycles. The molecule has 0 spiro atoms. The van der Waals surface area contributed by atoms with Crippen molar-refractivity contribution in [3.05, 3.63) is 28.8 Å². The molecule has 1 saturated heterocycles. The fraction of sp³-hybridized carbons (Fsp3) is 0.611. The maximum Gasteiger partial charge on any atom is 0.260 e. The molecule has 5 heteroatoms. The Kier molecular flexibility index (Phi) is 6.72. The number of hydrogen-bond donors (Lipinski definition) is 1. The van der Waals surface area contributed by atoms with Crippen molar-refractivity contribution in [3.8, 4) is 5.75 Å². The first kappa shape index (κ1) is 18.1. The summed E-state index contributed by atoms with van der Waals surface area (Å²) in [5, 5.41) is 3.81. The van der Waals surface area contributed by atoms with Gasteiger partial charge in [-0.15, -0.1) is 0 Å². The maximum absolute atomic E-state index is 12.3. The predicted molar refractivity (Wildman–Crippen MR) is 94.2 cm³/mol. The molecule has 0 aromatic heterocycles. The molecule has 1 unspecified atom stereocenters. The average molecular weight is 339 g/mol. The summed E-state index contributed by atoms with van der Waals surface area (Å²) >= 11 is 6.00. The van der Waals surface area contributed by atoms with Crippen molar-refractivity contribution >= 4 is 17.5 Å². The van der Waals surface area contributed by atoms with E-state index in [2.05, 4.69) is 17.1 Å². The molecule has 1 amide bonds. The minimum absolute atomic E-state index is 0.0495. The molecule has 128 valence electrons. The van der Waals surface area contributed by atoms with Gasteiger partial charge in [-0.05, 0) is 63.4 Å². The molecule has 23 heavy (non-hydrogen) atoms. The molecule has 1 fully saturated rings. The van der Waals surface area contributed by atoms with Crippen molar-refractivity contribution in [3.63, 3.8) is 0 Å². The van der Waals surface area contributed by atoms with E-state index in [4.69, 9.17) is 16.3 Å². The Morgan fingerprint density at radius 2 is 2.13 bits per heavy atom. The summed E-state index contributed by atoms with van der Waals surface area (Å²) in [5.41, 5.74) is 0.945. The highest BCUT2D eigenvalue weighted by molar-refractivity contribution is 6.31. The second-order valence-electron chi connectivity index (χ2n) is 6.30. The number of hydrogen-bond acceptors (Lipinski definition) is 3. The first-order valence-corrected chi connectivity index (χ1v) is 8.83. The smallest absolute Gasteiger partial charge is 0.260 e. The number of amides is 1. The average Bonchev–Trinajstić information content (AvgIpc) is 2.53. The third-order valence-corrected chi connectivity index (χ3v) is 4.71. The van der Waals surface area contributed by atoms with Crippen LogP contribution in [0.1, 0.15) is 38.7 Å². The second kappa shape index (κ2) is 8.55. The van der Waals surface area contributed by atoms with Gasteiger partial charge >= 0.3 is 0 Å². The number of rotatable bonds is 6. The molecule has 1 atom stereocenters. The summed E-state index contributed by atoms with van der Waals surface area (Å²) in [6.07, 6.45) is 2.70. The van der Waals surface area contributed by atoms with E-state index in [1.807, 2.05) is 13.0 Å². The van der Waals surface area contributed by atoms with Crippen LogP contribution < -0.4 is 10.1 Å². The number of nitrogens with zero attached hydrogens (tertiary/aromatic N) is 1. The number of piperidine rings is 1. The van der Waals surface area contributed by atoms with Gasteiger partial charge in [-0.2, -0.15) is 0 Å². The van der Waals surface area contributed by atoms with E-state index in [9.17, 15) is 4.79 Å². The summed E-state index contributed by atoms with van der Waals surface area (Å²) in [5.74, 6) is 0.624. The van der Waals surface area contributed by atoms with Crippen LogP contribution in [0.25, 0.3) is 0 Å². The van der Waals surface area contributed by atoms with E-state index in [-0.39, 0.29) is 11.9 Å². The van der Waals surface area contributed by atoms with Crippen LogP contribution in [0.2, 0.25) is 5.02 Å². The fourth-order valence-electron chi connectivity index (χ4n) is 2.88. The third kappa shape index (κ3) is 5.40. The predicted octanol–water partition coefficient (Wildman–Crippen LogP) is 3.41.